The maximum atomic E-state index is 12.8. The molecule has 1 amide bonds. The van der Waals surface area contributed by atoms with Gasteiger partial charge in [0.15, 0.2) is 0 Å². The highest BCUT2D eigenvalue weighted by Gasteiger charge is 2.30. The molecular formula is C18H17F3N4O. The number of aromatic nitrogens is 2. The number of imidazole rings is 1. The molecule has 0 aliphatic rings. The first-order valence-corrected chi connectivity index (χ1v) is 7.84. The van der Waals surface area contributed by atoms with Crippen molar-refractivity contribution in [1.29, 1.82) is 0 Å². The van der Waals surface area contributed by atoms with Crippen LogP contribution in [0, 0.1) is 0 Å². The Kier molecular flexibility index (Phi) is 4.58. The molecule has 3 rings (SSSR count). The van der Waals surface area contributed by atoms with Gasteiger partial charge in [-0.15, -0.1) is 0 Å². The van der Waals surface area contributed by atoms with Crippen LogP contribution in [0.3, 0.4) is 0 Å². The third kappa shape index (κ3) is 3.79. The van der Waals surface area contributed by atoms with Crippen LogP contribution < -0.4 is 10.2 Å². The monoisotopic (exact) mass is 362 g/mol. The lowest BCUT2D eigenvalue weighted by molar-refractivity contribution is -0.137. The molecule has 0 atom stereocenters. The molecule has 0 spiro atoms. The summed E-state index contributed by atoms with van der Waals surface area (Å²) in [5.74, 6) is -0.276. The van der Waals surface area contributed by atoms with E-state index in [1.165, 1.54) is 16.7 Å². The van der Waals surface area contributed by atoms with Gasteiger partial charge in [-0.05, 0) is 30.3 Å². The van der Waals surface area contributed by atoms with Crippen molar-refractivity contribution in [2.75, 3.05) is 19.0 Å². The number of fused-ring (bicyclic) bond motifs is 1. The highest BCUT2D eigenvalue weighted by Crippen LogP contribution is 2.29. The molecule has 0 radical (unpaired) electrons. The molecule has 0 fully saturated rings. The molecule has 2 aromatic heterocycles. The van der Waals surface area contributed by atoms with Crippen molar-refractivity contribution in [2.45, 2.75) is 12.7 Å². The summed E-state index contributed by atoms with van der Waals surface area (Å²) in [7, 11) is 3.76. The van der Waals surface area contributed by atoms with Gasteiger partial charge < -0.3 is 14.6 Å². The van der Waals surface area contributed by atoms with Gasteiger partial charge in [-0.25, -0.2) is 4.98 Å². The van der Waals surface area contributed by atoms with Gasteiger partial charge in [-0.2, -0.15) is 13.2 Å². The number of halogens is 3. The van der Waals surface area contributed by atoms with Gasteiger partial charge in [0.1, 0.15) is 5.65 Å². The zero-order valence-corrected chi connectivity index (χ0v) is 14.2. The second kappa shape index (κ2) is 6.70. The van der Waals surface area contributed by atoms with Crippen LogP contribution in [0.15, 0.2) is 48.8 Å². The van der Waals surface area contributed by atoms with Gasteiger partial charge in [-0.1, -0.05) is 6.07 Å². The molecule has 1 N–H and O–H groups in total. The van der Waals surface area contributed by atoms with Crippen molar-refractivity contribution < 1.29 is 18.0 Å². The van der Waals surface area contributed by atoms with E-state index in [1.807, 2.05) is 25.1 Å². The summed E-state index contributed by atoms with van der Waals surface area (Å²) >= 11 is 0. The number of nitrogens with one attached hydrogen (secondary N) is 1. The molecule has 0 saturated heterocycles. The Balaban J connectivity index is 1.73. The minimum Gasteiger partial charge on any atom is -0.378 e. The van der Waals surface area contributed by atoms with E-state index in [2.05, 4.69) is 10.3 Å². The van der Waals surface area contributed by atoms with Crippen LogP contribution in [0.5, 0.6) is 0 Å². The van der Waals surface area contributed by atoms with Crippen molar-refractivity contribution >= 4 is 17.2 Å². The summed E-state index contributed by atoms with van der Waals surface area (Å²) < 4.78 is 39.6. The standard InChI is InChI=1S/C18H17F3N4O/c1-24(2)15-5-3-4-12(8-15)17(26)22-9-14-11-25-10-13(18(19,20)21)6-7-16(25)23-14/h3-8,10-11H,9H2,1-2H3,(H,22,26). The molecule has 0 aliphatic carbocycles. The zero-order chi connectivity index (χ0) is 18.9. The number of benzene rings is 1. The highest BCUT2D eigenvalue weighted by molar-refractivity contribution is 5.95. The third-order valence-electron chi connectivity index (χ3n) is 3.88. The molecule has 2 heterocycles. The molecule has 3 aromatic rings. The fraction of sp³-hybridized carbons (Fsp3) is 0.222. The Morgan fingerprint density at radius 3 is 2.65 bits per heavy atom. The second-order valence-electron chi connectivity index (χ2n) is 6.04. The van der Waals surface area contributed by atoms with Crippen molar-refractivity contribution in [3.8, 4) is 0 Å². The first-order chi connectivity index (χ1) is 12.2. The molecule has 0 bridgehead atoms. The Bertz CT molecular complexity index is 947. The zero-order valence-electron chi connectivity index (χ0n) is 14.2. The van der Waals surface area contributed by atoms with Crippen molar-refractivity contribution in [2.24, 2.45) is 0 Å². The van der Waals surface area contributed by atoms with E-state index < -0.39 is 11.7 Å². The van der Waals surface area contributed by atoms with Crippen LogP contribution in [-0.2, 0) is 12.7 Å². The number of amides is 1. The van der Waals surface area contributed by atoms with Crippen LogP contribution in [0.4, 0.5) is 18.9 Å². The number of alkyl halides is 3. The molecular weight excluding hydrogens is 345 g/mol. The van der Waals surface area contributed by atoms with Gasteiger partial charge in [0, 0.05) is 37.7 Å². The predicted octanol–water partition coefficient (Wildman–Crippen LogP) is 3.35. The first kappa shape index (κ1) is 17.8. The molecule has 136 valence electrons. The Morgan fingerprint density at radius 2 is 1.96 bits per heavy atom. The number of carbonyl (C=O) groups is 1. The van der Waals surface area contributed by atoms with Gasteiger partial charge in [0.25, 0.3) is 5.91 Å². The van der Waals surface area contributed by atoms with Gasteiger partial charge in [0.2, 0.25) is 0 Å². The molecule has 1 aromatic carbocycles. The summed E-state index contributed by atoms with van der Waals surface area (Å²) in [5, 5.41) is 2.73. The number of pyridine rings is 1. The molecule has 8 heteroatoms. The smallest absolute Gasteiger partial charge is 0.378 e. The Hall–Kier alpha value is -3.03. The lowest BCUT2D eigenvalue weighted by Gasteiger charge is -2.13. The summed E-state index contributed by atoms with van der Waals surface area (Å²) in [6.45, 7) is 0.119. The maximum absolute atomic E-state index is 12.8. The Morgan fingerprint density at radius 1 is 1.19 bits per heavy atom. The fourth-order valence-corrected chi connectivity index (χ4v) is 2.50. The maximum Gasteiger partial charge on any atom is 0.417 e. The first-order valence-electron chi connectivity index (χ1n) is 7.84. The summed E-state index contributed by atoms with van der Waals surface area (Å²) in [6, 6.07) is 9.41. The number of nitrogens with zero attached hydrogens (tertiary/aromatic N) is 3. The van der Waals surface area contributed by atoms with E-state index in [1.54, 1.807) is 18.2 Å². The molecule has 0 aliphatic heterocycles. The van der Waals surface area contributed by atoms with Crippen molar-refractivity contribution in [3.63, 3.8) is 0 Å². The van der Waals surface area contributed by atoms with Gasteiger partial charge >= 0.3 is 6.18 Å². The number of rotatable bonds is 4. The van der Waals surface area contributed by atoms with Gasteiger partial charge in [0.05, 0.1) is 17.8 Å². The second-order valence-corrected chi connectivity index (χ2v) is 6.04. The lowest BCUT2D eigenvalue weighted by atomic mass is 10.2. The van der Waals surface area contributed by atoms with E-state index in [0.29, 0.717) is 16.9 Å². The van der Waals surface area contributed by atoms with E-state index in [0.717, 1.165) is 18.0 Å². The SMILES string of the molecule is CN(C)c1cccc(C(=O)NCc2cn3cc(C(F)(F)F)ccc3n2)c1. The largest absolute Gasteiger partial charge is 0.417 e. The van der Waals surface area contributed by atoms with Crippen molar-refractivity contribution in [3.05, 3.63) is 65.6 Å². The molecule has 0 unspecified atom stereocenters. The van der Waals surface area contributed by atoms with E-state index in [-0.39, 0.29) is 12.5 Å². The summed E-state index contributed by atoms with van der Waals surface area (Å²) in [5.41, 5.74) is 1.50. The summed E-state index contributed by atoms with van der Waals surface area (Å²) in [4.78, 5) is 18.4. The minimum atomic E-state index is -4.41. The third-order valence-corrected chi connectivity index (χ3v) is 3.88. The Labute approximate surface area is 148 Å². The molecule has 5 nitrogen and oxygen atoms in total. The van der Waals surface area contributed by atoms with E-state index in [9.17, 15) is 18.0 Å². The van der Waals surface area contributed by atoms with Crippen molar-refractivity contribution in [1.82, 2.24) is 14.7 Å². The molecule has 0 saturated carbocycles. The quantitative estimate of drug-likeness (QED) is 0.774. The van der Waals surface area contributed by atoms with Crippen LogP contribution in [0.25, 0.3) is 5.65 Å². The number of hydrogen-bond donors (Lipinski definition) is 1. The average molecular weight is 362 g/mol. The van der Waals surface area contributed by atoms with E-state index >= 15 is 0 Å². The summed E-state index contributed by atoms with van der Waals surface area (Å²) in [6.07, 6.45) is -1.96. The lowest BCUT2D eigenvalue weighted by Crippen LogP contribution is -2.23. The topological polar surface area (TPSA) is 49.6 Å². The van der Waals surface area contributed by atoms with Crippen LogP contribution >= 0.6 is 0 Å². The fourth-order valence-electron chi connectivity index (χ4n) is 2.50. The van der Waals surface area contributed by atoms with Crippen LogP contribution in [0.1, 0.15) is 21.6 Å². The average Bonchev–Trinajstić information content (AvgIpc) is 3.01. The predicted molar refractivity (Wildman–Crippen MR) is 92.1 cm³/mol. The highest BCUT2D eigenvalue weighted by atomic mass is 19.4. The minimum absolute atomic E-state index is 0.119. The van der Waals surface area contributed by atoms with Crippen LogP contribution in [-0.4, -0.2) is 29.4 Å². The van der Waals surface area contributed by atoms with Gasteiger partial charge in [-0.3, -0.25) is 4.79 Å². The normalized spacial score (nSPS) is 11.6. The number of hydrogen-bond acceptors (Lipinski definition) is 3. The number of anilines is 1. The number of carbonyl (C=O) groups excluding carboxylic acids is 1. The van der Waals surface area contributed by atoms with E-state index in [4.69, 9.17) is 0 Å². The molecule has 26 heavy (non-hydrogen) atoms. The van der Waals surface area contributed by atoms with Crippen LogP contribution in [0.2, 0.25) is 0 Å².